The van der Waals surface area contributed by atoms with Crippen molar-refractivity contribution in [2.45, 2.75) is 38.2 Å². The summed E-state index contributed by atoms with van der Waals surface area (Å²) in [6.07, 6.45) is 0.604. The maximum absolute atomic E-state index is 12.7. The summed E-state index contributed by atoms with van der Waals surface area (Å²) in [5, 5.41) is 18.0. The highest BCUT2D eigenvalue weighted by Crippen LogP contribution is 2.25. The first-order valence-electron chi connectivity index (χ1n) is 8.65. The van der Waals surface area contributed by atoms with Crippen LogP contribution in [0.15, 0.2) is 6.07 Å². The summed E-state index contributed by atoms with van der Waals surface area (Å²) < 4.78 is 5.34. The molecule has 0 aromatic carbocycles. The molecule has 0 spiro atoms. The number of amides is 1. The van der Waals surface area contributed by atoms with Gasteiger partial charge in [0.25, 0.3) is 5.91 Å². The van der Waals surface area contributed by atoms with Crippen LogP contribution in [0, 0.1) is 0 Å². The topological polar surface area (TPSA) is 81.7 Å². The van der Waals surface area contributed by atoms with Crippen molar-refractivity contribution in [2.75, 3.05) is 45.9 Å². The van der Waals surface area contributed by atoms with Crippen LogP contribution in [-0.4, -0.2) is 82.5 Å². The van der Waals surface area contributed by atoms with Gasteiger partial charge >= 0.3 is 0 Å². The quantitative estimate of drug-likeness (QED) is 0.845. The van der Waals surface area contributed by atoms with E-state index in [1.807, 2.05) is 6.07 Å². The van der Waals surface area contributed by atoms with Crippen molar-refractivity contribution in [2.24, 2.45) is 0 Å². The number of β-amino-alcohol motifs (C(OH)–C–C–N with tert-alkyl or cyclic N) is 1. The molecule has 134 valence electrons. The van der Waals surface area contributed by atoms with Gasteiger partial charge in [-0.25, -0.2) is 0 Å². The van der Waals surface area contributed by atoms with Crippen molar-refractivity contribution in [3.05, 3.63) is 17.5 Å². The lowest BCUT2D eigenvalue weighted by molar-refractivity contribution is -0.0257. The first kappa shape index (κ1) is 17.4. The number of nitrogens with one attached hydrogen (secondary N) is 1. The highest BCUT2D eigenvalue weighted by molar-refractivity contribution is 5.92. The van der Waals surface area contributed by atoms with Crippen LogP contribution in [-0.2, 0) is 10.2 Å². The van der Waals surface area contributed by atoms with Gasteiger partial charge in [-0.2, -0.15) is 5.10 Å². The number of rotatable bonds is 3. The summed E-state index contributed by atoms with van der Waals surface area (Å²) in [5.41, 5.74) is 0.452. The molecule has 0 bridgehead atoms. The van der Waals surface area contributed by atoms with Crippen LogP contribution in [0.2, 0.25) is 0 Å². The van der Waals surface area contributed by atoms with Gasteiger partial charge in [-0.15, -0.1) is 0 Å². The molecule has 2 fully saturated rings. The van der Waals surface area contributed by atoms with E-state index in [2.05, 4.69) is 35.9 Å². The Hall–Kier alpha value is -1.44. The van der Waals surface area contributed by atoms with Crippen LogP contribution in [0.4, 0.5) is 0 Å². The maximum atomic E-state index is 12.7. The molecule has 1 aromatic heterocycles. The fourth-order valence-corrected chi connectivity index (χ4v) is 3.31. The number of ether oxygens (including phenoxy) is 1. The van der Waals surface area contributed by atoms with E-state index in [4.69, 9.17) is 4.74 Å². The molecule has 0 saturated carbocycles. The summed E-state index contributed by atoms with van der Waals surface area (Å²) in [4.78, 5) is 16.6. The van der Waals surface area contributed by atoms with E-state index in [1.165, 1.54) is 0 Å². The highest BCUT2D eigenvalue weighted by atomic mass is 16.5. The number of morpholine rings is 1. The number of hydrogen-bond donors (Lipinski definition) is 2. The Morgan fingerprint density at radius 3 is 2.71 bits per heavy atom. The Morgan fingerprint density at radius 2 is 2.08 bits per heavy atom. The van der Waals surface area contributed by atoms with E-state index in [0.29, 0.717) is 45.0 Å². The summed E-state index contributed by atoms with van der Waals surface area (Å²) in [6.45, 7) is 10.8. The first-order valence-corrected chi connectivity index (χ1v) is 8.65. The third-order valence-electron chi connectivity index (χ3n) is 4.85. The van der Waals surface area contributed by atoms with Crippen molar-refractivity contribution in [1.29, 1.82) is 0 Å². The molecule has 0 aliphatic carbocycles. The second-order valence-corrected chi connectivity index (χ2v) is 8.01. The molecule has 2 aliphatic heterocycles. The second-order valence-electron chi connectivity index (χ2n) is 8.01. The number of H-pyrrole nitrogens is 1. The van der Waals surface area contributed by atoms with Gasteiger partial charge in [0.15, 0.2) is 0 Å². The van der Waals surface area contributed by atoms with Crippen molar-refractivity contribution in [1.82, 2.24) is 20.0 Å². The van der Waals surface area contributed by atoms with Crippen LogP contribution >= 0.6 is 0 Å². The van der Waals surface area contributed by atoms with Gasteiger partial charge in [0.1, 0.15) is 5.69 Å². The third kappa shape index (κ3) is 3.79. The number of carbonyl (C=O) groups is 1. The number of aromatic amines is 1. The average molecular weight is 336 g/mol. The molecule has 3 rings (SSSR count). The molecule has 3 heterocycles. The Bertz CT molecular complexity index is 589. The van der Waals surface area contributed by atoms with Gasteiger partial charge in [-0.05, 0) is 12.5 Å². The zero-order chi connectivity index (χ0) is 17.4. The molecule has 1 atom stereocenters. The number of nitrogens with zero attached hydrogens (tertiary/aromatic N) is 3. The van der Waals surface area contributed by atoms with Crippen LogP contribution in [0.1, 0.15) is 43.4 Å². The molecule has 0 radical (unpaired) electrons. The number of hydrogen-bond acceptors (Lipinski definition) is 5. The predicted octanol–water partition coefficient (Wildman–Crippen LogP) is 0.616. The van der Waals surface area contributed by atoms with Crippen LogP contribution < -0.4 is 0 Å². The number of carbonyl (C=O) groups excluding carboxylic acids is 1. The van der Waals surface area contributed by atoms with Gasteiger partial charge in [0.05, 0.1) is 25.4 Å². The van der Waals surface area contributed by atoms with Gasteiger partial charge in [0, 0.05) is 37.3 Å². The van der Waals surface area contributed by atoms with Crippen LogP contribution in [0.25, 0.3) is 0 Å². The molecule has 24 heavy (non-hydrogen) atoms. The van der Waals surface area contributed by atoms with Crippen molar-refractivity contribution in [3.8, 4) is 0 Å². The zero-order valence-electron chi connectivity index (χ0n) is 14.8. The van der Waals surface area contributed by atoms with E-state index in [9.17, 15) is 9.90 Å². The Labute approximate surface area is 143 Å². The summed E-state index contributed by atoms with van der Waals surface area (Å²) in [6, 6.07) is 1.82. The Balaban J connectivity index is 1.62. The molecule has 2 aliphatic rings. The Morgan fingerprint density at radius 1 is 1.38 bits per heavy atom. The van der Waals surface area contributed by atoms with E-state index in [1.54, 1.807) is 4.90 Å². The molecule has 1 amide bonds. The minimum absolute atomic E-state index is 0.0758. The maximum Gasteiger partial charge on any atom is 0.274 e. The lowest BCUT2D eigenvalue weighted by atomic mass is 9.92. The zero-order valence-corrected chi connectivity index (χ0v) is 14.8. The van der Waals surface area contributed by atoms with Gasteiger partial charge < -0.3 is 14.7 Å². The number of likely N-dealkylation sites (tertiary alicyclic amines) is 1. The van der Waals surface area contributed by atoms with E-state index in [-0.39, 0.29) is 11.3 Å². The minimum atomic E-state index is -0.837. The number of aliphatic hydroxyl groups is 1. The van der Waals surface area contributed by atoms with Crippen molar-refractivity contribution in [3.63, 3.8) is 0 Å². The Kier molecular flexibility index (Phi) is 4.68. The number of aromatic nitrogens is 2. The van der Waals surface area contributed by atoms with Crippen molar-refractivity contribution < 1.29 is 14.6 Å². The van der Waals surface area contributed by atoms with E-state index in [0.717, 1.165) is 18.8 Å². The van der Waals surface area contributed by atoms with E-state index < -0.39 is 5.60 Å². The smallest absolute Gasteiger partial charge is 0.274 e. The highest BCUT2D eigenvalue weighted by Gasteiger charge is 2.40. The molecule has 2 saturated heterocycles. The fourth-order valence-electron chi connectivity index (χ4n) is 3.31. The second kappa shape index (κ2) is 6.46. The van der Waals surface area contributed by atoms with Gasteiger partial charge in [-0.1, -0.05) is 20.8 Å². The largest absolute Gasteiger partial charge is 0.387 e. The van der Waals surface area contributed by atoms with Crippen LogP contribution in [0.3, 0.4) is 0 Å². The lowest BCUT2D eigenvalue weighted by Gasteiger charge is -2.33. The van der Waals surface area contributed by atoms with E-state index >= 15 is 0 Å². The SMILES string of the molecule is CC(C)(C)c1cc(C(=O)N2CC[C@@](O)(CN3CCOCC3)C2)n[nH]1. The first-order chi connectivity index (χ1) is 11.3. The summed E-state index contributed by atoms with van der Waals surface area (Å²) >= 11 is 0. The molecule has 0 unspecified atom stereocenters. The normalized spacial score (nSPS) is 26.1. The predicted molar refractivity (Wildman–Crippen MR) is 90.0 cm³/mol. The summed E-state index contributed by atoms with van der Waals surface area (Å²) in [7, 11) is 0. The lowest BCUT2D eigenvalue weighted by Crippen LogP contribution is -2.49. The molecule has 7 heteroatoms. The average Bonchev–Trinajstić information content (AvgIpc) is 3.14. The van der Waals surface area contributed by atoms with Crippen LogP contribution in [0.5, 0.6) is 0 Å². The molecule has 2 N–H and O–H groups in total. The third-order valence-corrected chi connectivity index (χ3v) is 4.85. The summed E-state index contributed by atoms with van der Waals surface area (Å²) in [5.74, 6) is -0.111. The molecule has 7 nitrogen and oxygen atoms in total. The fraction of sp³-hybridized carbons (Fsp3) is 0.765. The van der Waals surface area contributed by atoms with Gasteiger partial charge in [0.2, 0.25) is 0 Å². The minimum Gasteiger partial charge on any atom is -0.387 e. The standard InChI is InChI=1S/C17H28N4O3/c1-16(2,3)14-10-13(18-19-14)15(22)21-5-4-17(23,12-21)11-20-6-8-24-9-7-20/h10,23H,4-9,11-12H2,1-3H3,(H,18,19)/t17-/m1/s1. The molecule has 1 aromatic rings. The molecular formula is C17H28N4O3. The molecular weight excluding hydrogens is 308 g/mol. The van der Waals surface area contributed by atoms with Crippen molar-refractivity contribution >= 4 is 5.91 Å². The van der Waals surface area contributed by atoms with Gasteiger partial charge in [-0.3, -0.25) is 14.8 Å². The monoisotopic (exact) mass is 336 g/mol.